The van der Waals surface area contributed by atoms with E-state index in [1.54, 1.807) is 19.2 Å². The number of ether oxygens (including phenoxy) is 1. The average molecular weight is 488 g/mol. The Kier molecular flexibility index (Phi) is 6.40. The molecule has 0 bridgehead atoms. The topological polar surface area (TPSA) is 132 Å². The largest absolute Gasteiger partial charge is 0.507 e. The first-order chi connectivity index (χ1) is 17.5. The Bertz CT molecular complexity index is 1370. The minimum absolute atomic E-state index is 0.0175. The van der Waals surface area contributed by atoms with Crippen LogP contribution in [0.1, 0.15) is 47.0 Å². The Morgan fingerprint density at radius 1 is 1.14 bits per heavy atom. The van der Waals surface area contributed by atoms with Crippen molar-refractivity contribution < 1.29 is 24.0 Å². The maximum Gasteiger partial charge on any atom is 0.342 e. The molecule has 0 spiro atoms. The fourth-order valence-electron chi connectivity index (χ4n) is 4.03. The third kappa shape index (κ3) is 4.78. The molecule has 2 aromatic heterocycles. The number of methoxy groups -OCH3 is 1. The molecule has 2 amide bonds. The minimum atomic E-state index is -0.470. The van der Waals surface area contributed by atoms with Crippen LogP contribution in [-0.2, 0) is 6.54 Å². The van der Waals surface area contributed by atoms with Crippen molar-refractivity contribution in [3.05, 3.63) is 77.8 Å². The molecule has 0 radical (unpaired) electrons. The van der Waals surface area contributed by atoms with Gasteiger partial charge in [-0.05, 0) is 54.8 Å². The molecule has 184 valence electrons. The molecular weight excluding hydrogens is 462 g/mol. The van der Waals surface area contributed by atoms with E-state index in [1.165, 1.54) is 23.0 Å². The molecule has 10 heteroatoms. The number of carbonyl (C=O) groups is 2. The number of phenols is 1. The van der Waals surface area contributed by atoms with Gasteiger partial charge < -0.3 is 25.0 Å². The van der Waals surface area contributed by atoms with Crippen molar-refractivity contribution in [3.8, 4) is 22.8 Å². The van der Waals surface area contributed by atoms with Crippen LogP contribution in [0.15, 0.2) is 65.3 Å². The van der Waals surface area contributed by atoms with Gasteiger partial charge in [0, 0.05) is 29.8 Å². The second kappa shape index (κ2) is 9.95. The summed E-state index contributed by atoms with van der Waals surface area (Å²) in [6.07, 6.45) is 4.41. The Morgan fingerprint density at radius 3 is 2.61 bits per heavy atom. The van der Waals surface area contributed by atoms with Crippen molar-refractivity contribution in [3.63, 3.8) is 0 Å². The van der Waals surface area contributed by atoms with Crippen LogP contribution in [0.2, 0.25) is 0 Å². The number of aromatic hydroxyl groups is 1. The molecule has 1 fully saturated rings. The van der Waals surface area contributed by atoms with Crippen molar-refractivity contribution in [2.24, 2.45) is 0 Å². The van der Waals surface area contributed by atoms with E-state index in [1.807, 2.05) is 30.3 Å². The van der Waals surface area contributed by atoms with Crippen molar-refractivity contribution in [2.75, 3.05) is 12.4 Å². The van der Waals surface area contributed by atoms with Crippen LogP contribution in [0, 0.1) is 0 Å². The van der Waals surface area contributed by atoms with Gasteiger partial charge in [0.25, 0.3) is 5.91 Å². The van der Waals surface area contributed by atoms with Crippen molar-refractivity contribution in [1.29, 1.82) is 0 Å². The zero-order chi connectivity index (χ0) is 25.1. The minimum Gasteiger partial charge on any atom is -0.507 e. The highest BCUT2D eigenvalue weighted by molar-refractivity contribution is 6.02. The first-order valence-electron chi connectivity index (χ1n) is 11.6. The maximum atomic E-state index is 13.1. The number of hydrogen-bond acceptors (Lipinski definition) is 7. The number of benzene rings is 2. The van der Waals surface area contributed by atoms with Gasteiger partial charge in [-0.3, -0.25) is 4.79 Å². The molecule has 36 heavy (non-hydrogen) atoms. The maximum absolute atomic E-state index is 13.1. The van der Waals surface area contributed by atoms with E-state index < -0.39 is 5.91 Å². The fourth-order valence-corrected chi connectivity index (χ4v) is 4.03. The molecule has 0 saturated heterocycles. The first kappa shape index (κ1) is 23.2. The molecule has 2 aromatic carbocycles. The molecule has 1 aliphatic carbocycles. The van der Waals surface area contributed by atoms with Crippen LogP contribution in [0.4, 0.5) is 10.5 Å². The number of aromatic nitrogens is 3. The van der Waals surface area contributed by atoms with E-state index in [2.05, 4.69) is 20.9 Å². The third-order valence-electron chi connectivity index (χ3n) is 6.25. The number of phenolic OH excluding ortho intramolecular Hbond substituents is 1. The quantitative estimate of drug-likeness (QED) is 0.326. The Balaban J connectivity index is 1.38. The van der Waals surface area contributed by atoms with Gasteiger partial charge in [-0.25, -0.2) is 4.79 Å². The summed E-state index contributed by atoms with van der Waals surface area (Å²) >= 11 is 0. The predicted octanol–water partition coefficient (Wildman–Crippen LogP) is 4.53. The lowest BCUT2D eigenvalue weighted by Crippen LogP contribution is -2.31. The normalized spacial score (nSPS) is 13.1. The van der Waals surface area contributed by atoms with Crippen LogP contribution in [0.25, 0.3) is 11.3 Å². The summed E-state index contributed by atoms with van der Waals surface area (Å²) in [6, 6.07) is 15.0. The summed E-state index contributed by atoms with van der Waals surface area (Å²) in [7, 11) is 1.60. The second-order valence-electron chi connectivity index (χ2n) is 8.56. The Labute approximate surface area is 206 Å². The lowest BCUT2D eigenvalue weighted by Gasteiger charge is -2.25. The summed E-state index contributed by atoms with van der Waals surface area (Å²) < 4.78 is 11.4. The van der Waals surface area contributed by atoms with Crippen LogP contribution < -0.4 is 15.4 Å². The zero-order valence-corrected chi connectivity index (χ0v) is 19.6. The highest BCUT2D eigenvalue weighted by Gasteiger charge is 2.27. The van der Waals surface area contributed by atoms with Gasteiger partial charge in [0.2, 0.25) is 5.76 Å². The van der Waals surface area contributed by atoms with Crippen molar-refractivity contribution >= 4 is 17.6 Å². The standard InChI is InChI=1S/C26H25N5O5/c1-35-19-8-5-16(6-9-19)15-27-26(34)31-22(17-3-2-4-17)14-21(30-31)20-13-18(7-10-23(20)32)29-25(33)24-11-12-28-36-24/h5-14,17,32H,2-4,15H2,1H3,(H,27,34)(H,29,33). The van der Waals surface area contributed by atoms with E-state index in [9.17, 15) is 14.7 Å². The summed E-state index contributed by atoms with van der Waals surface area (Å²) in [4.78, 5) is 25.4. The fraction of sp³-hybridized carbons (Fsp3) is 0.231. The molecule has 1 aliphatic rings. The van der Waals surface area contributed by atoms with E-state index in [4.69, 9.17) is 9.26 Å². The Hall–Kier alpha value is -4.60. The molecular formula is C26H25N5O5. The summed E-state index contributed by atoms with van der Waals surface area (Å²) in [6.45, 7) is 0.330. The van der Waals surface area contributed by atoms with E-state index in [0.717, 1.165) is 36.3 Å². The van der Waals surface area contributed by atoms with Crippen LogP contribution in [0.5, 0.6) is 11.5 Å². The van der Waals surface area contributed by atoms with Gasteiger partial charge in [-0.2, -0.15) is 9.78 Å². The smallest absolute Gasteiger partial charge is 0.342 e. The molecule has 1 saturated carbocycles. The molecule has 0 atom stereocenters. The number of hydrogen-bond donors (Lipinski definition) is 3. The molecule has 0 aliphatic heterocycles. The van der Waals surface area contributed by atoms with Gasteiger partial charge >= 0.3 is 6.03 Å². The molecule has 3 N–H and O–H groups in total. The number of rotatable bonds is 7. The number of nitrogens with zero attached hydrogens (tertiary/aromatic N) is 3. The lowest BCUT2D eigenvalue weighted by atomic mass is 9.82. The highest BCUT2D eigenvalue weighted by atomic mass is 16.5. The van der Waals surface area contributed by atoms with Crippen LogP contribution in [-0.4, -0.2) is 39.1 Å². The zero-order valence-electron chi connectivity index (χ0n) is 19.6. The van der Waals surface area contributed by atoms with Crippen molar-refractivity contribution in [2.45, 2.75) is 31.7 Å². The van der Waals surface area contributed by atoms with Gasteiger partial charge in [-0.1, -0.05) is 23.7 Å². The van der Waals surface area contributed by atoms with Crippen LogP contribution >= 0.6 is 0 Å². The summed E-state index contributed by atoms with van der Waals surface area (Å²) in [5, 5.41) is 24.2. The van der Waals surface area contributed by atoms with E-state index >= 15 is 0 Å². The number of amides is 2. The van der Waals surface area contributed by atoms with Gasteiger partial charge in [0.1, 0.15) is 11.5 Å². The van der Waals surface area contributed by atoms with Gasteiger partial charge in [-0.15, -0.1) is 0 Å². The SMILES string of the molecule is COc1ccc(CNC(=O)n2nc(-c3cc(NC(=O)c4ccno4)ccc3O)cc2C2CCC2)cc1. The summed E-state index contributed by atoms with van der Waals surface area (Å²) in [5.41, 5.74) is 2.99. The highest BCUT2D eigenvalue weighted by Crippen LogP contribution is 2.39. The summed E-state index contributed by atoms with van der Waals surface area (Å²) in [5.74, 6) is 0.538. The number of anilines is 1. The first-order valence-corrected chi connectivity index (χ1v) is 11.6. The third-order valence-corrected chi connectivity index (χ3v) is 6.25. The van der Waals surface area contributed by atoms with E-state index in [0.29, 0.717) is 23.5 Å². The molecule has 4 aromatic rings. The van der Waals surface area contributed by atoms with E-state index in [-0.39, 0.29) is 23.5 Å². The van der Waals surface area contributed by atoms with Gasteiger partial charge in [0.15, 0.2) is 0 Å². The van der Waals surface area contributed by atoms with Crippen LogP contribution in [0.3, 0.4) is 0 Å². The predicted molar refractivity (Wildman–Crippen MR) is 131 cm³/mol. The molecule has 10 nitrogen and oxygen atoms in total. The van der Waals surface area contributed by atoms with Crippen molar-refractivity contribution in [1.82, 2.24) is 20.3 Å². The molecule has 2 heterocycles. The molecule has 0 unspecified atom stereocenters. The average Bonchev–Trinajstić information content (AvgIpc) is 3.54. The Morgan fingerprint density at radius 2 is 1.94 bits per heavy atom. The van der Waals surface area contributed by atoms with Gasteiger partial charge in [0.05, 0.1) is 24.7 Å². The lowest BCUT2D eigenvalue weighted by molar-refractivity contribution is 0.0988. The molecule has 5 rings (SSSR count). The second-order valence-corrected chi connectivity index (χ2v) is 8.56. The monoisotopic (exact) mass is 487 g/mol. The number of nitrogens with one attached hydrogen (secondary N) is 2. The number of carbonyl (C=O) groups excluding carboxylic acids is 2.